The second-order valence-electron chi connectivity index (χ2n) is 6.53. The van der Waals surface area contributed by atoms with Crippen molar-refractivity contribution in [3.8, 4) is 0 Å². The number of ketones is 2. The molecule has 138 valence electrons. The predicted octanol–water partition coefficient (Wildman–Crippen LogP) is 4.97. The first kappa shape index (κ1) is 18.1. The molecular weight excluding hydrogens is 374 g/mol. The lowest BCUT2D eigenvalue weighted by atomic mass is 9.81. The first-order valence-corrected chi connectivity index (χ1v) is 9.19. The molecule has 1 aliphatic heterocycles. The van der Waals surface area contributed by atoms with E-state index in [-0.39, 0.29) is 6.42 Å². The van der Waals surface area contributed by atoms with Crippen molar-refractivity contribution in [2.75, 3.05) is 0 Å². The molecule has 0 aliphatic carbocycles. The summed E-state index contributed by atoms with van der Waals surface area (Å²) in [5.41, 5.74) is 0.370. The van der Waals surface area contributed by atoms with Crippen LogP contribution in [-0.4, -0.2) is 22.9 Å². The van der Waals surface area contributed by atoms with E-state index in [1.165, 1.54) is 0 Å². The molecule has 1 aliphatic rings. The average Bonchev–Trinajstić information content (AvgIpc) is 3.21. The van der Waals surface area contributed by atoms with Crippen molar-refractivity contribution in [1.82, 2.24) is 0 Å². The van der Waals surface area contributed by atoms with E-state index >= 15 is 0 Å². The molecule has 0 aromatic heterocycles. The standard InChI is InChI=1S/C23H16ClNO3/c24-19-13-11-16(12-14-19)20-15-23(28-25-20,21(26)17-7-3-1-4-8-17)22(27)18-9-5-2-6-10-18/h1-14H,15H2. The van der Waals surface area contributed by atoms with Gasteiger partial charge >= 0.3 is 0 Å². The summed E-state index contributed by atoms with van der Waals surface area (Å²) < 4.78 is 0. The highest BCUT2D eigenvalue weighted by Crippen LogP contribution is 2.34. The minimum Gasteiger partial charge on any atom is -0.372 e. The first-order valence-electron chi connectivity index (χ1n) is 8.81. The van der Waals surface area contributed by atoms with E-state index in [2.05, 4.69) is 5.16 Å². The van der Waals surface area contributed by atoms with Crippen LogP contribution >= 0.6 is 11.6 Å². The van der Waals surface area contributed by atoms with Crippen molar-refractivity contribution in [3.05, 3.63) is 107 Å². The van der Waals surface area contributed by atoms with Crippen LogP contribution < -0.4 is 0 Å². The fourth-order valence-corrected chi connectivity index (χ4v) is 3.35. The second-order valence-corrected chi connectivity index (χ2v) is 6.97. The van der Waals surface area contributed by atoms with Gasteiger partial charge in [-0.1, -0.05) is 89.6 Å². The van der Waals surface area contributed by atoms with Crippen molar-refractivity contribution in [1.29, 1.82) is 0 Å². The summed E-state index contributed by atoms with van der Waals surface area (Å²) in [6.45, 7) is 0. The third-order valence-electron chi connectivity index (χ3n) is 4.71. The zero-order chi connectivity index (χ0) is 19.6. The molecule has 0 unspecified atom stereocenters. The molecule has 0 atom stereocenters. The molecule has 0 bridgehead atoms. The number of nitrogens with zero attached hydrogens (tertiary/aromatic N) is 1. The fraction of sp³-hybridized carbons (Fsp3) is 0.0870. The number of hydrogen-bond donors (Lipinski definition) is 0. The lowest BCUT2D eigenvalue weighted by Gasteiger charge is -2.24. The monoisotopic (exact) mass is 389 g/mol. The van der Waals surface area contributed by atoms with Crippen molar-refractivity contribution in [3.63, 3.8) is 0 Å². The maximum absolute atomic E-state index is 13.4. The summed E-state index contributed by atoms with van der Waals surface area (Å²) in [4.78, 5) is 32.4. The number of hydrogen-bond acceptors (Lipinski definition) is 4. The summed E-state index contributed by atoms with van der Waals surface area (Å²) in [5.74, 6) is -0.815. The van der Waals surface area contributed by atoms with Crippen LogP contribution in [0, 0.1) is 0 Å². The Morgan fingerprint density at radius 1 is 0.786 bits per heavy atom. The topological polar surface area (TPSA) is 55.7 Å². The number of halogens is 1. The van der Waals surface area contributed by atoms with Crippen LogP contribution in [0.4, 0.5) is 0 Å². The molecule has 1 heterocycles. The molecule has 0 fully saturated rings. The quantitative estimate of drug-likeness (QED) is 0.457. The van der Waals surface area contributed by atoms with E-state index < -0.39 is 17.2 Å². The third kappa shape index (κ3) is 3.23. The molecule has 0 amide bonds. The highest BCUT2D eigenvalue weighted by Gasteiger charge is 2.53. The molecule has 4 rings (SSSR count). The maximum Gasteiger partial charge on any atom is 0.267 e. The van der Waals surface area contributed by atoms with Gasteiger partial charge in [0.15, 0.2) is 0 Å². The minimum atomic E-state index is -1.72. The Bertz CT molecular complexity index is 993. The van der Waals surface area contributed by atoms with Gasteiger partial charge in [-0.15, -0.1) is 0 Å². The van der Waals surface area contributed by atoms with Crippen molar-refractivity contribution in [2.45, 2.75) is 12.0 Å². The third-order valence-corrected chi connectivity index (χ3v) is 4.96. The number of Topliss-reactive ketones (excluding diaryl/α,β-unsaturated/α-hetero) is 2. The fourth-order valence-electron chi connectivity index (χ4n) is 3.22. The van der Waals surface area contributed by atoms with E-state index in [1.807, 2.05) is 12.1 Å². The number of benzene rings is 3. The van der Waals surface area contributed by atoms with Gasteiger partial charge in [0.05, 0.1) is 12.1 Å². The summed E-state index contributed by atoms with van der Waals surface area (Å²) >= 11 is 5.96. The molecular formula is C23H16ClNO3. The van der Waals surface area contributed by atoms with Crippen molar-refractivity contribution in [2.24, 2.45) is 5.16 Å². The molecule has 5 heteroatoms. The van der Waals surface area contributed by atoms with Crippen LogP contribution in [0.1, 0.15) is 32.7 Å². The lowest BCUT2D eigenvalue weighted by molar-refractivity contribution is 0.00336. The van der Waals surface area contributed by atoms with Gasteiger partial charge in [0.1, 0.15) is 0 Å². The SMILES string of the molecule is O=C(c1ccccc1)C1(C(=O)c2ccccc2)CC(c2ccc(Cl)cc2)=NO1. The summed E-state index contributed by atoms with van der Waals surface area (Å²) in [6, 6.07) is 24.4. The second kappa shape index (κ2) is 7.41. The maximum atomic E-state index is 13.4. The van der Waals surface area contributed by atoms with E-state index in [0.29, 0.717) is 21.9 Å². The molecule has 0 N–H and O–H groups in total. The minimum absolute atomic E-state index is 0.0517. The van der Waals surface area contributed by atoms with Crippen LogP contribution in [-0.2, 0) is 4.84 Å². The van der Waals surface area contributed by atoms with E-state index in [4.69, 9.17) is 16.4 Å². The smallest absolute Gasteiger partial charge is 0.267 e. The largest absolute Gasteiger partial charge is 0.372 e. The van der Waals surface area contributed by atoms with Crippen LogP contribution in [0.2, 0.25) is 5.02 Å². The van der Waals surface area contributed by atoms with Crippen LogP contribution in [0.3, 0.4) is 0 Å². The van der Waals surface area contributed by atoms with Gasteiger partial charge in [-0.05, 0) is 17.7 Å². The van der Waals surface area contributed by atoms with Crippen molar-refractivity contribution < 1.29 is 14.4 Å². The lowest BCUT2D eigenvalue weighted by Crippen LogP contribution is -2.47. The molecule has 3 aromatic rings. The van der Waals surface area contributed by atoms with E-state index in [9.17, 15) is 9.59 Å². The zero-order valence-electron chi connectivity index (χ0n) is 14.8. The van der Waals surface area contributed by atoms with Crippen LogP contribution in [0.5, 0.6) is 0 Å². The Morgan fingerprint density at radius 3 is 1.79 bits per heavy atom. The predicted molar refractivity (Wildman–Crippen MR) is 108 cm³/mol. The highest BCUT2D eigenvalue weighted by atomic mass is 35.5. The first-order chi connectivity index (χ1) is 13.6. The summed E-state index contributed by atoms with van der Waals surface area (Å²) in [7, 11) is 0. The molecule has 0 radical (unpaired) electrons. The van der Waals surface area contributed by atoms with Crippen molar-refractivity contribution >= 4 is 28.9 Å². The van der Waals surface area contributed by atoms with Gasteiger partial charge in [0, 0.05) is 16.1 Å². The van der Waals surface area contributed by atoms with Gasteiger partial charge < -0.3 is 4.84 Å². The van der Waals surface area contributed by atoms with Gasteiger partial charge in [-0.3, -0.25) is 9.59 Å². The Kier molecular flexibility index (Phi) is 4.80. The molecule has 28 heavy (non-hydrogen) atoms. The number of rotatable bonds is 5. The van der Waals surface area contributed by atoms with Gasteiger partial charge in [0.25, 0.3) is 5.60 Å². The summed E-state index contributed by atoms with van der Waals surface area (Å²) in [5, 5.41) is 4.71. The van der Waals surface area contributed by atoms with Gasteiger partial charge in [-0.25, -0.2) is 0 Å². The van der Waals surface area contributed by atoms with Gasteiger partial charge in [-0.2, -0.15) is 0 Å². The number of oxime groups is 1. The Hall–Kier alpha value is -3.24. The Labute approximate surface area is 167 Å². The van der Waals surface area contributed by atoms with E-state index in [0.717, 1.165) is 5.56 Å². The van der Waals surface area contributed by atoms with Crippen LogP contribution in [0.15, 0.2) is 90.1 Å². The summed E-state index contributed by atoms with van der Waals surface area (Å²) in [6.07, 6.45) is 0.0517. The number of carbonyl (C=O) groups excluding carboxylic acids is 2. The molecule has 0 saturated carbocycles. The highest BCUT2D eigenvalue weighted by molar-refractivity contribution is 6.30. The average molecular weight is 390 g/mol. The normalized spacial score (nSPS) is 14.8. The molecule has 0 saturated heterocycles. The van der Waals surface area contributed by atoms with Gasteiger partial charge in [0.2, 0.25) is 11.6 Å². The van der Waals surface area contributed by atoms with Crippen LogP contribution in [0.25, 0.3) is 0 Å². The molecule has 4 nitrogen and oxygen atoms in total. The number of carbonyl (C=O) groups is 2. The molecule has 3 aromatic carbocycles. The Balaban J connectivity index is 1.75. The Morgan fingerprint density at radius 2 is 1.29 bits per heavy atom. The zero-order valence-corrected chi connectivity index (χ0v) is 15.6. The van der Waals surface area contributed by atoms with E-state index in [1.54, 1.807) is 72.8 Å². The molecule has 0 spiro atoms.